The van der Waals surface area contributed by atoms with Crippen LogP contribution in [0.25, 0.3) is 0 Å². The molecule has 3 aliphatic rings. The summed E-state index contributed by atoms with van der Waals surface area (Å²) in [5.41, 5.74) is 3.16. The molecule has 1 atom stereocenters. The van der Waals surface area contributed by atoms with Gasteiger partial charge in [0, 0.05) is 44.5 Å². The minimum absolute atomic E-state index is 0.0372. The van der Waals surface area contributed by atoms with E-state index in [1.54, 1.807) is 0 Å². The molecule has 4 rings (SSSR count). The first-order valence-electron chi connectivity index (χ1n) is 10.0. The third-order valence-electron chi connectivity index (χ3n) is 5.59. The summed E-state index contributed by atoms with van der Waals surface area (Å²) < 4.78 is 0. The van der Waals surface area contributed by atoms with E-state index >= 15 is 0 Å². The molecule has 2 amide bonds. The number of benzene rings is 1. The van der Waals surface area contributed by atoms with Crippen molar-refractivity contribution in [3.8, 4) is 0 Å². The highest BCUT2D eigenvalue weighted by Gasteiger charge is 2.28. The molecule has 0 spiro atoms. The molecule has 28 heavy (non-hydrogen) atoms. The number of piperazine rings is 1. The fourth-order valence-electron chi connectivity index (χ4n) is 3.81. The third kappa shape index (κ3) is 3.74. The Labute approximate surface area is 166 Å². The van der Waals surface area contributed by atoms with Crippen LogP contribution in [0.5, 0.6) is 0 Å². The van der Waals surface area contributed by atoms with Crippen molar-refractivity contribution in [2.75, 3.05) is 38.0 Å². The Kier molecular flexibility index (Phi) is 5.07. The summed E-state index contributed by atoms with van der Waals surface area (Å²) in [6.07, 6.45) is 5.01. The number of hydrogen-bond acceptors (Lipinski definition) is 5. The van der Waals surface area contributed by atoms with Crippen molar-refractivity contribution in [3.63, 3.8) is 0 Å². The number of nitrogens with one attached hydrogen (secondary N) is 1. The molecular formula is C21H28N6O. The monoisotopic (exact) mass is 380 g/mol. The highest BCUT2D eigenvalue weighted by molar-refractivity contribution is 6.03. The Morgan fingerprint density at radius 3 is 2.71 bits per heavy atom. The van der Waals surface area contributed by atoms with E-state index in [2.05, 4.69) is 46.1 Å². The van der Waals surface area contributed by atoms with Gasteiger partial charge in [-0.05, 0) is 31.9 Å². The summed E-state index contributed by atoms with van der Waals surface area (Å²) in [5, 5.41) is 3.04. The molecule has 3 aliphatic heterocycles. The van der Waals surface area contributed by atoms with Crippen LogP contribution in [0, 0.1) is 13.8 Å². The van der Waals surface area contributed by atoms with Crippen LogP contribution >= 0.6 is 0 Å². The molecule has 0 saturated carbocycles. The molecule has 1 aromatic rings. The van der Waals surface area contributed by atoms with Crippen molar-refractivity contribution in [2.45, 2.75) is 33.2 Å². The topological polar surface area (TPSA) is 63.5 Å². The molecule has 1 N–H and O–H groups in total. The summed E-state index contributed by atoms with van der Waals surface area (Å²) >= 11 is 0. The van der Waals surface area contributed by atoms with Gasteiger partial charge < -0.3 is 20.0 Å². The number of amidine groups is 1. The first-order valence-corrected chi connectivity index (χ1v) is 10.0. The van der Waals surface area contributed by atoms with E-state index in [-0.39, 0.29) is 6.03 Å². The van der Waals surface area contributed by atoms with Crippen molar-refractivity contribution in [3.05, 3.63) is 41.2 Å². The number of hydrogen-bond donors (Lipinski definition) is 1. The lowest BCUT2D eigenvalue weighted by Gasteiger charge is -2.36. The zero-order chi connectivity index (χ0) is 19.7. The van der Waals surface area contributed by atoms with Gasteiger partial charge in [-0.15, -0.1) is 0 Å². The van der Waals surface area contributed by atoms with E-state index in [4.69, 9.17) is 4.99 Å². The zero-order valence-electron chi connectivity index (χ0n) is 16.9. The Hall–Kier alpha value is -2.83. The summed E-state index contributed by atoms with van der Waals surface area (Å²) in [6.45, 7) is 10.1. The molecule has 7 heteroatoms. The van der Waals surface area contributed by atoms with E-state index in [0.29, 0.717) is 19.1 Å². The summed E-state index contributed by atoms with van der Waals surface area (Å²) in [6, 6.07) is 6.40. The number of amides is 2. The van der Waals surface area contributed by atoms with Crippen LogP contribution in [-0.2, 0) is 0 Å². The second kappa shape index (κ2) is 7.66. The van der Waals surface area contributed by atoms with Gasteiger partial charge in [0.2, 0.25) is 0 Å². The van der Waals surface area contributed by atoms with Crippen LogP contribution in [0.1, 0.15) is 24.5 Å². The minimum Gasteiger partial charge on any atom is -0.353 e. The van der Waals surface area contributed by atoms with Crippen molar-refractivity contribution in [1.29, 1.82) is 0 Å². The zero-order valence-corrected chi connectivity index (χ0v) is 16.9. The Balaban J connectivity index is 1.34. The second-order valence-corrected chi connectivity index (χ2v) is 7.67. The van der Waals surface area contributed by atoms with Crippen LogP contribution in [0.15, 0.2) is 40.1 Å². The summed E-state index contributed by atoms with van der Waals surface area (Å²) in [5.74, 6) is 1.95. The molecule has 1 unspecified atom stereocenters. The van der Waals surface area contributed by atoms with Crippen molar-refractivity contribution in [2.24, 2.45) is 9.98 Å². The maximum atomic E-state index is 12.6. The first-order chi connectivity index (χ1) is 13.5. The normalized spacial score (nSPS) is 21.4. The van der Waals surface area contributed by atoms with Crippen LogP contribution in [0.2, 0.25) is 0 Å². The van der Waals surface area contributed by atoms with Gasteiger partial charge >= 0.3 is 6.03 Å². The van der Waals surface area contributed by atoms with E-state index in [1.165, 1.54) is 5.56 Å². The number of urea groups is 1. The van der Waals surface area contributed by atoms with Crippen molar-refractivity contribution in [1.82, 2.24) is 14.7 Å². The number of aryl methyl sites for hydroxylation is 2. The molecule has 0 aliphatic carbocycles. The summed E-state index contributed by atoms with van der Waals surface area (Å²) in [7, 11) is 0. The molecule has 3 heterocycles. The molecule has 0 radical (unpaired) electrons. The number of carbonyl (C=O) groups is 1. The number of rotatable bonds is 3. The number of anilines is 1. The number of carbonyl (C=O) groups excluding carboxylic acids is 1. The van der Waals surface area contributed by atoms with Crippen LogP contribution in [-0.4, -0.2) is 71.7 Å². The lowest BCUT2D eigenvalue weighted by atomic mass is 10.1. The number of fused-ring (bicyclic) bond motifs is 1. The van der Waals surface area contributed by atoms with Crippen LogP contribution in [0.3, 0.4) is 0 Å². The Morgan fingerprint density at radius 1 is 1.21 bits per heavy atom. The SMILES string of the molecule is CCC1CN2C=NC(N3CCN(C(=O)Nc4ccc(C)cc4C)CC3)=CC2=N1. The van der Waals surface area contributed by atoms with E-state index in [0.717, 1.165) is 49.0 Å². The lowest BCUT2D eigenvalue weighted by Crippen LogP contribution is -2.50. The molecule has 7 nitrogen and oxygen atoms in total. The maximum absolute atomic E-state index is 12.6. The lowest BCUT2D eigenvalue weighted by molar-refractivity contribution is 0.167. The molecule has 148 valence electrons. The predicted molar refractivity (Wildman–Crippen MR) is 113 cm³/mol. The fraction of sp³-hybridized carbons (Fsp3) is 0.476. The first kappa shape index (κ1) is 18.5. The van der Waals surface area contributed by atoms with Gasteiger partial charge in [-0.2, -0.15) is 0 Å². The molecule has 0 bridgehead atoms. The highest BCUT2D eigenvalue weighted by atomic mass is 16.2. The van der Waals surface area contributed by atoms with Gasteiger partial charge in [0.1, 0.15) is 11.7 Å². The number of aliphatic imine (C=N–C) groups is 2. The maximum Gasteiger partial charge on any atom is 0.321 e. The largest absolute Gasteiger partial charge is 0.353 e. The molecule has 1 aromatic carbocycles. The predicted octanol–water partition coefficient (Wildman–Crippen LogP) is 2.83. The second-order valence-electron chi connectivity index (χ2n) is 7.67. The van der Waals surface area contributed by atoms with Crippen molar-refractivity contribution < 1.29 is 4.79 Å². The van der Waals surface area contributed by atoms with Gasteiger partial charge in [-0.3, -0.25) is 4.99 Å². The smallest absolute Gasteiger partial charge is 0.321 e. The minimum atomic E-state index is -0.0372. The number of nitrogens with zero attached hydrogens (tertiary/aromatic N) is 5. The Bertz CT molecular complexity index is 850. The van der Waals surface area contributed by atoms with Crippen LogP contribution in [0.4, 0.5) is 10.5 Å². The van der Waals surface area contributed by atoms with E-state index < -0.39 is 0 Å². The van der Waals surface area contributed by atoms with Gasteiger partial charge in [0.25, 0.3) is 0 Å². The third-order valence-corrected chi connectivity index (χ3v) is 5.59. The average molecular weight is 380 g/mol. The standard InChI is InChI=1S/C21H28N6O/c1-4-17-13-27-14-22-19(12-20(27)23-17)25-7-9-26(10-8-25)21(28)24-18-6-5-15(2)11-16(18)3/h5-6,11-12,14,17H,4,7-10,13H2,1-3H3,(H,24,28). The van der Waals surface area contributed by atoms with Gasteiger partial charge in [-0.1, -0.05) is 24.6 Å². The van der Waals surface area contributed by atoms with E-state index in [1.807, 2.05) is 30.3 Å². The van der Waals surface area contributed by atoms with Gasteiger partial charge in [0.15, 0.2) is 0 Å². The fourth-order valence-corrected chi connectivity index (χ4v) is 3.81. The Morgan fingerprint density at radius 2 is 2.00 bits per heavy atom. The molecule has 1 fully saturated rings. The highest BCUT2D eigenvalue weighted by Crippen LogP contribution is 2.21. The molecular weight excluding hydrogens is 352 g/mol. The molecule has 0 aromatic heterocycles. The van der Waals surface area contributed by atoms with Crippen molar-refractivity contribution >= 4 is 23.9 Å². The van der Waals surface area contributed by atoms with Crippen LogP contribution < -0.4 is 5.32 Å². The quantitative estimate of drug-likeness (QED) is 0.877. The van der Waals surface area contributed by atoms with Gasteiger partial charge in [-0.25, -0.2) is 9.79 Å². The molecule has 1 saturated heterocycles. The summed E-state index contributed by atoms with van der Waals surface area (Å²) in [4.78, 5) is 28.2. The average Bonchev–Trinajstić information content (AvgIpc) is 3.12. The van der Waals surface area contributed by atoms with Gasteiger partial charge in [0.05, 0.1) is 12.4 Å². The van der Waals surface area contributed by atoms with E-state index in [9.17, 15) is 4.79 Å².